The minimum atomic E-state index is -0.484. The Hall–Kier alpha value is -1.14. The van der Waals surface area contributed by atoms with Gasteiger partial charge in [-0.05, 0) is 39.0 Å². The van der Waals surface area contributed by atoms with Crippen LogP contribution in [0.25, 0.3) is 10.2 Å². The standard InChI is InChI=1S/C13H15BrN2O2S/c1-13(2,3)18-12(17)15-7-11-16-9-6-8(14)4-5-10(9)19-11/h4-6H,7H2,1-3H3,(H,15,17). The second-order valence-corrected chi connectivity index (χ2v) is 7.11. The number of halogens is 1. The minimum absolute atomic E-state index is 0.381. The molecule has 0 atom stereocenters. The number of benzene rings is 1. The number of nitrogens with one attached hydrogen (secondary N) is 1. The average molecular weight is 343 g/mol. The van der Waals surface area contributed by atoms with Gasteiger partial charge in [0.25, 0.3) is 0 Å². The van der Waals surface area contributed by atoms with E-state index < -0.39 is 11.7 Å². The van der Waals surface area contributed by atoms with Crippen LogP contribution in [-0.2, 0) is 11.3 Å². The molecular weight excluding hydrogens is 328 g/mol. The van der Waals surface area contributed by atoms with Crippen LogP contribution in [0.4, 0.5) is 4.79 Å². The molecule has 0 aliphatic carbocycles. The summed E-state index contributed by atoms with van der Waals surface area (Å²) in [5.41, 5.74) is 0.447. The summed E-state index contributed by atoms with van der Waals surface area (Å²) < 4.78 is 7.27. The van der Waals surface area contributed by atoms with Gasteiger partial charge in [-0.3, -0.25) is 0 Å². The second-order valence-electron chi connectivity index (χ2n) is 5.08. The van der Waals surface area contributed by atoms with E-state index in [-0.39, 0.29) is 0 Å². The molecule has 0 unspecified atom stereocenters. The van der Waals surface area contributed by atoms with Crippen LogP contribution in [0.1, 0.15) is 25.8 Å². The lowest BCUT2D eigenvalue weighted by molar-refractivity contribution is 0.0523. The molecule has 2 rings (SSSR count). The Labute approximate surface area is 124 Å². The van der Waals surface area contributed by atoms with Crippen molar-refractivity contribution in [3.8, 4) is 0 Å². The van der Waals surface area contributed by atoms with E-state index in [2.05, 4.69) is 26.2 Å². The lowest BCUT2D eigenvalue weighted by Crippen LogP contribution is -2.32. The number of hydrogen-bond donors (Lipinski definition) is 1. The van der Waals surface area contributed by atoms with E-state index in [4.69, 9.17) is 4.74 Å². The molecule has 1 heterocycles. The molecular formula is C13H15BrN2O2S. The Morgan fingerprint density at radius 1 is 1.47 bits per heavy atom. The maximum absolute atomic E-state index is 11.5. The molecule has 1 N–H and O–H groups in total. The lowest BCUT2D eigenvalue weighted by Gasteiger charge is -2.19. The number of ether oxygens (including phenoxy) is 1. The molecule has 6 heteroatoms. The molecule has 4 nitrogen and oxygen atoms in total. The van der Waals surface area contributed by atoms with E-state index in [0.29, 0.717) is 6.54 Å². The molecule has 102 valence electrons. The number of carbonyl (C=O) groups excluding carboxylic acids is 1. The first-order valence-electron chi connectivity index (χ1n) is 5.85. The van der Waals surface area contributed by atoms with Gasteiger partial charge in [0.2, 0.25) is 0 Å². The van der Waals surface area contributed by atoms with Gasteiger partial charge in [-0.15, -0.1) is 11.3 Å². The normalized spacial score (nSPS) is 11.6. The zero-order chi connectivity index (χ0) is 14.0. The quantitative estimate of drug-likeness (QED) is 0.894. The van der Waals surface area contributed by atoms with Crippen molar-refractivity contribution in [2.75, 3.05) is 0 Å². The molecule has 0 aliphatic rings. The van der Waals surface area contributed by atoms with Crippen LogP contribution in [-0.4, -0.2) is 16.7 Å². The van der Waals surface area contributed by atoms with Gasteiger partial charge in [-0.25, -0.2) is 9.78 Å². The highest BCUT2D eigenvalue weighted by molar-refractivity contribution is 9.10. The van der Waals surface area contributed by atoms with Crippen LogP contribution in [0.15, 0.2) is 22.7 Å². The zero-order valence-electron chi connectivity index (χ0n) is 11.0. The van der Waals surface area contributed by atoms with E-state index >= 15 is 0 Å². The molecule has 1 aromatic carbocycles. The predicted molar refractivity (Wildman–Crippen MR) is 80.4 cm³/mol. The van der Waals surface area contributed by atoms with E-state index in [9.17, 15) is 4.79 Å². The Morgan fingerprint density at radius 3 is 2.89 bits per heavy atom. The first-order chi connectivity index (χ1) is 8.83. The van der Waals surface area contributed by atoms with Crippen LogP contribution in [0.3, 0.4) is 0 Å². The Balaban J connectivity index is 2.00. The largest absolute Gasteiger partial charge is 0.444 e. The third-order valence-corrected chi connectivity index (χ3v) is 3.71. The minimum Gasteiger partial charge on any atom is -0.444 e. The maximum atomic E-state index is 11.5. The number of nitrogens with zero attached hydrogens (tertiary/aromatic N) is 1. The number of amides is 1. The summed E-state index contributed by atoms with van der Waals surface area (Å²) in [6.07, 6.45) is -0.423. The van der Waals surface area contributed by atoms with Crippen LogP contribution in [0.2, 0.25) is 0 Å². The van der Waals surface area contributed by atoms with Crippen LogP contribution >= 0.6 is 27.3 Å². The molecule has 2 aromatic rings. The fraction of sp³-hybridized carbons (Fsp3) is 0.385. The monoisotopic (exact) mass is 342 g/mol. The second kappa shape index (κ2) is 5.46. The van der Waals surface area contributed by atoms with Crippen molar-refractivity contribution in [1.29, 1.82) is 0 Å². The van der Waals surface area contributed by atoms with Gasteiger partial charge in [-0.1, -0.05) is 15.9 Å². The predicted octanol–water partition coefficient (Wildman–Crippen LogP) is 4.08. The smallest absolute Gasteiger partial charge is 0.408 e. The van der Waals surface area contributed by atoms with Crippen molar-refractivity contribution in [1.82, 2.24) is 10.3 Å². The number of aromatic nitrogens is 1. The lowest BCUT2D eigenvalue weighted by atomic mass is 10.2. The van der Waals surface area contributed by atoms with Crippen molar-refractivity contribution < 1.29 is 9.53 Å². The van der Waals surface area contributed by atoms with Crippen molar-refractivity contribution in [2.24, 2.45) is 0 Å². The number of alkyl carbamates (subject to hydrolysis) is 1. The zero-order valence-corrected chi connectivity index (χ0v) is 13.4. The number of thiazole rings is 1. The van der Waals surface area contributed by atoms with Gasteiger partial charge in [0.1, 0.15) is 10.6 Å². The van der Waals surface area contributed by atoms with E-state index in [1.165, 1.54) is 0 Å². The molecule has 0 saturated heterocycles. The van der Waals surface area contributed by atoms with Gasteiger partial charge in [0.15, 0.2) is 0 Å². The van der Waals surface area contributed by atoms with Crippen LogP contribution < -0.4 is 5.32 Å². The number of hydrogen-bond acceptors (Lipinski definition) is 4. The summed E-state index contributed by atoms with van der Waals surface area (Å²) in [6, 6.07) is 5.95. The Kier molecular flexibility index (Phi) is 4.10. The molecule has 0 fully saturated rings. The van der Waals surface area contributed by atoms with Crippen molar-refractivity contribution in [3.63, 3.8) is 0 Å². The maximum Gasteiger partial charge on any atom is 0.408 e. The third-order valence-electron chi connectivity index (χ3n) is 2.18. The fourth-order valence-corrected chi connectivity index (χ4v) is 2.72. The van der Waals surface area contributed by atoms with Crippen molar-refractivity contribution in [3.05, 3.63) is 27.7 Å². The molecule has 0 spiro atoms. The van der Waals surface area contributed by atoms with Gasteiger partial charge in [0, 0.05) is 4.47 Å². The number of carbonyl (C=O) groups is 1. The Morgan fingerprint density at radius 2 is 2.21 bits per heavy atom. The van der Waals surface area contributed by atoms with Gasteiger partial charge in [-0.2, -0.15) is 0 Å². The molecule has 0 bridgehead atoms. The highest BCUT2D eigenvalue weighted by Crippen LogP contribution is 2.25. The molecule has 0 radical (unpaired) electrons. The van der Waals surface area contributed by atoms with Gasteiger partial charge >= 0.3 is 6.09 Å². The van der Waals surface area contributed by atoms with Gasteiger partial charge < -0.3 is 10.1 Å². The summed E-state index contributed by atoms with van der Waals surface area (Å²) in [6.45, 7) is 5.89. The van der Waals surface area contributed by atoms with Gasteiger partial charge in [0.05, 0.1) is 16.8 Å². The van der Waals surface area contributed by atoms with E-state index in [1.54, 1.807) is 11.3 Å². The van der Waals surface area contributed by atoms with Crippen molar-refractivity contribution in [2.45, 2.75) is 32.9 Å². The number of fused-ring (bicyclic) bond motifs is 1. The molecule has 0 aliphatic heterocycles. The summed E-state index contributed by atoms with van der Waals surface area (Å²) in [7, 11) is 0. The first-order valence-corrected chi connectivity index (χ1v) is 7.46. The SMILES string of the molecule is CC(C)(C)OC(=O)NCc1nc2cc(Br)ccc2s1. The average Bonchev–Trinajstić information content (AvgIpc) is 2.66. The Bertz CT molecular complexity index is 604. The van der Waals surface area contributed by atoms with E-state index in [1.807, 2.05) is 39.0 Å². The van der Waals surface area contributed by atoms with Crippen LogP contribution in [0, 0.1) is 0 Å². The van der Waals surface area contributed by atoms with Crippen molar-refractivity contribution >= 4 is 43.6 Å². The van der Waals surface area contributed by atoms with E-state index in [0.717, 1.165) is 19.7 Å². The summed E-state index contributed by atoms with van der Waals surface area (Å²) in [4.78, 5) is 16.0. The molecule has 1 amide bonds. The molecule has 19 heavy (non-hydrogen) atoms. The first kappa shape index (κ1) is 14.3. The summed E-state index contributed by atoms with van der Waals surface area (Å²) in [5.74, 6) is 0. The fourth-order valence-electron chi connectivity index (χ4n) is 1.49. The number of rotatable bonds is 2. The third kappa shape index (κ3) is 4.18. The topological polar surface area (TPSA) is 51.2 Å². The summed E-state index contributed by atoms with van der Waals surface area (Å²) in [5, 5.41) is 3.57. The molecule has 0 saturated carbocycles. The highest BCUT2D eigenvalue weighted by Gasteiger charge is 2.16. The molecule has 1 aromatic heterocycles. The summed E-state index contributed by atoms with van der Waals surface area (Å²) >= 11 is 4.98. The van der Waals surface area contributed by atoms with Crippen LogP contribution in [0.5, 0.6) is 0 Å². The highest BCUT2D eigenvalue weighted by atomic mass is 79.9.